The number of unbranched alkanes of at least 4 members (excludes halogenated alkanes) is 25. The maximum absolute atomic E-state index is 12.9. The zero-order valence-electron chi connectivity index (χ0n) is 49.6. The number of esters is 2. The molecule has 0 bridgehead atoms. The molecular weight excluding hydrogens is 947 g/mol. The minimum Gasteiger partial charge on any atom is -0.477 e. The number of rotatable bonds is 56. The summed E-state index contributed by atoms with van der Waals surface area (Å²) in [6, 6.07) is 0. The maximum Gasteiger partial charge on any atom is 0.361 e. The number of aliphatic carboxylic acids is 1. The molecule has 0 amide bonds. The number of hydrogen-bond donors (Lipinski definition) is 1. The van der Waals surface area contributed by atoms with Crippen LogP contribution in [0.4, 0.5) is 0 Å². The predicted molar refractivity (Wildman–Crippen MR) is 322 cm³/mol. The van der Waals surface area contributed by atoms with Crippen molar-refractivity contribution in [1.82, 2.24) is 0 Å². The van der Waals surface area contributed by atoms with E-state index in [-0.39, 0.29) is 32.2 Å². The monoisotopic (exact) mass is 1060 g/mol. The zero-order valence-corrected chi connectivity index (χ0v) is 49.6. The minimum absolute atomic E-state index is 0.183. The lowest BCUT2D eigenvalue weighted by Crippen LogP contribution is -2.40. The average Bonchev–Trinajstić information content (AvgIpc) is 3.39. The van der Waals surface area contributed by atoms with E-state index in [1.807, 2.05) is 21.1 Å². The second-order valence-corrected chi connectivity index (χ2v) is 21.6. The summed E-state index contributed by atoms with van der Waals surface area (Å²) in [7, 11) is 5.97. The zero-order chi connectivity index (χ0) is 55.5. The Kier molecular flexibility index (Phi) is 54.5. The molecule has 0 aromatic carbocycles. The first-order valence-electron chi connectivity index (χ1n) is 30.9. The minimum atomic E-state index is -1.51. The molecule has 0 aromatic rings. The summed E-state index contributed by atoms with van der Waals surface area (Å²) in [5.74, 6) is -2.00. The van der Waals surface area contributed by atoms with E-state index in [9.17, 15) is 19.5 Å². The summed E-state index contributed by atoms with van der Waals surface area (Å²) in [4.78, 5) is 37.4. The van der Waals surface area contributed by atoms with Gasteiger partial charge in [0.2, 0.25) is 0 Å². The Morgan fingerprint density at radius 2 is 0.750 bits per heavy atom. The summed E-state index contributed by atoms with van der Waals surface area (Å²) in [6.07, 6.45) is 75.0. The third kappa shape index (κ3) is 57.9. The van der Waals surface area contributed by atoms with Crippen molar-refractivity contribution < 1.29 is 42.9 Å². The number of ether oxygens (including phenoxy) is 4. The highest BCUT2D eigenvalue weighted by Gasteiger charge is 2.25. The molecule has 0 saturated heterocycles. The number of likely N-dealkylation sites (N-methyl/N-ethyl adjacent to an activating group) is 1. The molecule has 436 valence electrons. The van der Waals surface area contributed by atoms with E-state index in [1.54, 1.807) is 0 Å². The van der Waals surface area contributed by atoms with E-state index in [0.29, 0.717) is 23.9 Å². The van der Waals surface area contributed by atoms with E-state index in [4.69, 9.17) is 18.9 Å². The Morgan fingerprint density at radius 1 is 0.408 bits per heavy atom. The van der Waals surface area contributed by atoms with Crippen molar-refractivity contribution in [2.24, 2.45) is 0 Å². The maximum atomic E-state index is 12.9. The molecule has 9 nitrogen and oxygen atoms in total. The van der Waals surface area contributed by atoms with E-state index in [1.165, 1.54) is 128 Å². The molecule has 0 aromatic heterocycles. The standard InChI is InChI=1S/C67H115NO8/c1-6-8-10-12-14-16-18-20-22-23-24-25-26-27-28-29-30-31-32-33-34-35-36-37-38-39-40-41-42-43-44-46-48-50-52-54-56-58-65(70)76-63(62-75-67(66(71)72)73-60-59-68(3,4)5)61-74-64(69)57-55-53-51-49-47-45-21-19-17-15-13-11-9-7-2/h8,10,14,16,20,22,24-25,27-28,30-31,33-34,36-37,63,67H,6-7,9,11-13,15,17-19,21,23,26,29,32,35,38-62H2,1-5H3/p+1/b10-8-,16-14-,22-20-,25-24-,28-27-,31-30-,34-33-,37-36-. The highest BCUT2D eigenvalue weighted by atomic mass is 16.7. The van der Waals surface area contributed by atoms with Crippen LogP contribution in [0.3, 0.4) is 0 Å². The molecule has 76 heavy (non-hydrogen) atoms. The van der Waals surface area contributed by atoms with Gasteiger partial charge in [-0.3, -0.25) is 9.59 Å². The van der Waals surface area contributed by atoms with Crippen molar-refractivity contribution >= 4 is 17.9 Å². The number of carboxylic acids is 1. The molecule has 2 unspecified atom stereocenters. The lowest BCUT2D eigenvalue weighted by Gasteiger charge is -2.25. The van der Waals surface area contributed by atoms with Crippen molar-refractivity contribution in [2.75, 3.05) is 47.5 Å². The lowest BCUT2D eigenvalue weighted by molar-refractivity contribution is -0.870. The second-order valence-electron chi connectivity index (χ2n) is 21.6. The molecule has 2 atom stereocenters. The van der Waals surface area contributed by atoms with Crippen LogP contribution in [-0.4, -0.2) is 87.4 Å². The molecule has 0 fully saturated rings. The Hall–Kier alpha value is -3.79. The van der Waals surface area contributed by atoms with Crippen LogP contribution >= 0.6 is 0 Å². The summed E-state index contributed by atoms with van der Waals surface area (Å²) >= 11 is 0. The van der Waals surface area contributed by atoms with Crippen molar-refractivity contribution in [1.29, 1.82) is 0 Å². The van der Waals surface area contributed by atoms with E-state index in [2.05, 4.69) is 111 Å². The number of hydrogen-bond acceptors (Lipinski definition) is 7. The van der Waals surface area contributed by atoms with Crippen LogP contribution in [0, 0.1) is 0 Å². The highest BCUT2D eigenvalue weighted by Crippen LogP contribution is 2.16. The third-order valence-electron chi connectivity index (χ3n) is 13.1. The second kappa shape index (κ2) is 57.4. The van der Waals surface area contributed by atoms with Gasteiger partial charge >= 0.3 is 17.9 Å². The molecule has 0 aliphatic carbocycles. The van der Waals surface area contributed by atoms with Crippen LogP contribution in [0.5, 0.6) is 0 Å². The van der Waals surface area contributed by atoms with E-state index in [0.717, 1.165) is 89.9 Å². The fourth-order valence-corrected chi connectivity index (χ4v) is 8.38. The fraction of sp³-hybridized carbons (Fsp3) is 0.716. The summed E-state index contributed by atoms with van der Waals surface area (Å²) in [6.45, 7) is 4.77. The van der Waals surface area contributed by atoms with Crippen molar-refractivity contribution in [2.45, 2.75) is 264 Å². The van der Waals surface area contributed by atoms with Crippen LogP contribution in [0.2, 0.25) is 0 Å². The van der Waals surface area contributed by atoms with Gasteiger partial charge in [-0.2, -0.15) is 0 Å². The van der Waals surface area contributed by atoms with Gasteiger partial charge in [0.1, 0.15) is 13.2 Å². The molecule has 9 heteroatoms. The lowest BCUT2D eigenvalue weighted by atomic mass is 10.0. The summed E-state index contributed by atoms with van der Waals surface area (Å²) < 4.78 is 22.9. The molecule has 0 aliphatic heterocycles. The van der Waals surface area contributed by atoms with Gasteiger partial charge in [-0.05, 0) is 77.0 Å². The van der Waals surface area contributed by atoms with Gasteiger partial charge in [0.05, 0.1) is 34.4 Å². The van der Waals surface area contributed by atoms with Gasteiger partial charge < -0.3 is 28.5 Å². The normalized spacial score (nSPS) is 13.4. The first-order valence-corrected chi connectivity index (χ1v) is 30.9. The molecule has 0 spiro atoms. The number of allylic oxidation sites excluding steroid dienone is 16. The van der Waals surface area contributed by atoms with Crippen LogP contribution in [-0.2, 0) is 33.3 Å². The van der Waals surface area contributed by atoms with Crippen molar-refractivity contribution in [3.63, 3.8) is 0 Å². The van der Waals surface area contributed by atoms with Crippen molar-refractivity contribution in [3.8, 4) is 0 Å². The summed E-state index contributed by atoms with van der Waals surface area (Å²) in [5.41, 5.74) is 0. The smallest absolute Gasteiger partial charge is 0.361 e. The molecule has 0 saturated carbocycles. The van der Waals surface area contributed by atoms with E-state index >= 15 is 0 Å². The Bertz CT molecular complexity index is 1570. The van der Waals surface area contributed by atoms with Gasteiger partial charge in [0.25, 0.3) is 6.29 Å². The number of quaternary nitrogens is 1. The quantitative estimate of drug-likeness (QED) is 0.0211. The third-order valence-corrected chi connectivity index (χ3v) is 13.1. The Balaban J connectivity index is 4.12. The van der Waals surface area contributed by atoms with Crippen LogP contribution in [0.15, 0.2) is 97.2 Å². The SMILES string of the molecule is CC/C=C\C/C=C\C/C=C\C/C=C\C/C=C\C/C=C\C/C=C\C/C=C\CCCCCCCCCCCCCCC(=O)OC(COC(=O)CCCCCCCCCCCCCCCC)COC(OCC[N+](C)(C)C)C(=O)O. The Morgan fingerprint density at radius 3 is 1.12 bits per heavy atom. The largest absolute Gasteiger partial charge is 0.477 e. The van der Waals surface area contributed by atoms with Crippen LogP contribution in [0.25, 0.3) is 0 Å². The highest BCUT2D eigenvalue weighted by molar-refractivity contribution is 5.71. The van der Waals surface area contributed by atoms with Crippen molar-refractivity contribution in [3.05, 3.63) is 97.2 Å². The topological polar surface area (TPSA) is 108 Å². The fourth-order valence-electron chi connectivity index (χ4n) is 8.38. The number of carboxylic acid groups (broad SMARTS) is 1. The van der Waals surface area contributed by atoms with Gasteiger partial charge in [-0.25, -0.2) is 4.79 Å². The molecule has 0 rings (SSSR count). The molecule has 1 N–H and O–H groups in total. The predicted octanol–water partition coefficient (Wildman–Crippen LogP) is 18.5. The average molecular weight is 1060 g/mol. The van der Waals surface area contributed by atoms with Gasteiger partial charge in [0, 0.05) is 12.8 Å². The summed E-state index contributed by atoms with van der Waals surface area (Å²) in [5, 5.41) is 9.70. The Labute approximate surface area is 467 Å². The van der Waals surface area contributed by atoms with E-state index < -0.39 is 24.3 Å². The number of carbonyl (C=O) groups is 3. The molecule has 0 aliphatic rings. The first-order chi connectivity index (χ1) is 37.1. The van der Waals surface area contributed by atoms with Gasteiger partial charge in [-0.15, -0.1) is 0 Å². The van der Waals surface area contributed by atoms with Gasteiger partial charge in [-0.1, -0.05) is 259 Å². The van der Waals surface area contributed by atoms with Gasteiger partial charge in [0.15, 0.2) is 6.10 Å². The van der Waals surface area contributed by atoms with Crippen LogP contribution in [0.1, 0.15) is 251 Å². The number of carbonyl (C=O) groups excluding carboxylic acids is 2. The molecule has 0 heterocycles. The number of nitrogens with zero attached hydrogens (tertiary/aromatic N) is 1. The molecule has 0 radical (unpaired) electrons. The first kappa shape index (κ1) is 72.2. The van der Waals surface area contributed by atoms with Crippen LogP contribution < -0.4 is 0 Å². The molecular formula is C67H116NO8+.